The first-order valence-corrected chi connectivity index (χ1v) is 7.62. The standard InChI is InChI=1S/C14H12F2N2O3S/c15-11-2-1-3-12(16)13(11)22(20,21)18-8-9-4-6-10(7-5-9)14(17)19/h1-7,18H,8H2,(H2,17,19). The number of nitrogens with one attached hydrogen (secondary N) is 1. The Labute approximate surface area is 125 Å². The van der Waals surface area contributed by atoms with Crippen molar-refractivity contribution in [1.29, 1.82) is 0 Å². The van der Waals surface area contributed by atoms with Crippen LogP contribution in [0.15, 0.2) is 47.4 Å². The second kappa shape index (κ2) is 6.20. The molecule has 2 aromatic carbocycles. The van der Waals surface area contributed by atoms with Gasteiger partial charge in [-0.25, -0.2) is 21.9 Å². The van der Waals surface area contributed by atoms with Crippen LogP contribution >= 0.6 is 0 Å². The Bertz CT molecular complexity index is 785. The monoisotopic (exact) mass is 326 g/mol. The summed E-state index contributed by atoms with van der Waals surface area (Å²) in [6, 6.07) is 8.62. The molecule has 0 radical (unpaired) electrons. The number of hydrogen-bond acceptors (Lipinski definition) is 3. The Morgan fingerprint density at radius 3 is 2.09 bits per heavy atom. The van der Waals surface area contributed by atoms with Crippen LogP contribution in [0.1, 0.15) is 15.9 Å². The number of halogens is 2. The van der Waals surface area contributed by atoms with E-state index in [9.17, 15) is 22.0 Å². The molecule has 0 aliphatic heterocycles. The number of primary amides is 1. The molecule has 8 heteroatoms. The highest BCUT2D eigenvalue weighted by molar-refractivity contribution is 7.89. The van der Waals surface area contributed by atoms with Gasteiger partial charge in [-0.05, 0) is 29.8 Å². The number of rotatable bonds is 5. The van der Waals surface area contributed by atoms with Crippen molar-refractivity contribution in [2.75, 3.05) is 0 Å². The predicted molar refractivity (Wildman–Crippen MR) is 75.3 cm³/mol. The van der Waals surface area contributed by atoms with Gasteiger partial charge in [0.05, 0.1) is 0 Å². The molecule has 116 valence electrons. The number of carbonyl (C=O) groups excluding carboxylic acids is 1. The maximum absolute atomic E-state index is 13.5. The zero-order valence-electron chi connectivity index (χ0n) is 11.2. The zero-order chi connectivity index (χ0) is 16.3. The predicted octanol–water partition coefficient (Wildman–Crippen LogP) is 1.54. The van der Waals surface area contributed by atoms with Crippen molar-refractivity contribution in [3.63, 3.8) is 0 Å². The zero-order valence-corrected chi connectivity index (χ0v) is 12.0. The van der Waals surface area contributed by atoms with Crippen molar-refractivity contribution in [3.8, 4) is 0 Å². The minimum absolute atomic E-state index is 0.185. The van der Waals surface area contributed by atoms with E-state index in [1.807, 2.05) is 0 Å². The average molecular weight is 326 g/mol. The molecule has 0 saturated heterocycles. The van der Waals surface area contributed by atoms with Crippen molar-refractivity contribution >= 4 is 15.9 Å². The molecule has 5 nitrogen and oxygen atoms in total. The normalized spacial score (nSPS) is 11.4. The van der Waals surface area contributed by atoms with Gasteiger partial charge in [-0.1, -0.05) is 18.2 Å². The summed E-state index contributed by atoms with van der Waals surface area (Å²) in [5.74, 6) is -2.95. The average Bonchev–Trinajstić information content (AvgIpc) is 2.45. The Balaban J connectivity index is 2.18. The van der Waals surface area contributed by atoms with E-state index in [0.717, 1.165) is 18.2 Å². The van der Waals surface area contributed by atoms with Crippen LogP contribution in [0, 0.1) is 11.6 Å². The highest BCUT2D eigenvalue weighted by atomic mass is 32.2. The lowest BCUT2D eigenvalue weighted by Crippen LogP contribution is -2.25. The molecule has 0 saturated carbocycles. The van der Waals surface area contributed by atoms with Crippen LogP contribution in [0.4, 0.5) is 8.78 Å². The van der Waals surface area contributed by atoms with Gasteiger partial charge in [0.25, 0.3) is 0 Å². The van der Waals surface area contributed by atoms with Crippen molar-refractivity contribution in [1.82, 2.24) is 4.72 Å². The summed E-state index contributed by atoms with van der Waals surface area (Å²) in [6.07, 6.45) is 0. The molecule has 0 heterocycles. The number of amides is 1. The summed E-state index contributed by atoms with van der Waals surface area (Å²) in [5, 5.41) is 0. The molecule has 2 rings (SSSR count). The number of benzene rings is 2. The van der Waals surface area contributed by atoms with Gasteiger partial charge < -0.3 is 5.73 Å². The quantitative estimate of drug-likeness (QED) is 0.873. The van der Waals surface area contributed by atoms with Crippen LogP contribution in [0.2, 0.25) is 0 Å². The van der Waals surface area contributed by atoms with Gasteiger partial charge >= 0.3 is 0 Å². The van der Waals surface area contributed by atoms with E-state index in [2.05, 4.69) is 4.72 Å². The van der Waals surface area contributed by atoms with E-state index < -0.39 is 32.5 Å². The van der Waals surface area contributed by atoms with Gasteiger partial charge in [0.2, 0.25) is 15.9 Å². The highest BCUT2D eigenvalue weighted by Crippen LogP contribution is 2.18. The molecule has 0 unspecified atom stereocenters. The molecule has 2 aromatic rings. The largest absolute Gasteiger partial charge is 0.366 e. The molecule has 0 aliphatic rings. The molecule has 0 fully saturated rings. The van der Waals surface area contributed by atoms with Gasteiger partial charge in [0.15, 0.2) is 4.90 Å². The van der Waals surface area contributed by atoms with Crippen LogP contribution in [-0.4, -0.2) is 14.3 Å². The number of hydrogen-bond donors (Lipinski definition) is 2. The smallest absolute Gasteiger partial charge is 0.248 e. The van der Waals surface area contributed by atoms with Gasteiger partial charge in [-0.3, -0.25) is 4.79 Å². The molecule has 3 N–H and O–H groups in total. The number of carbonyl (C=O) groups is 1. The third kappa shape index (κ3) is 3.46. The van der Waals surface area contributed by atoms with Gasteiger partial charge in [0.1, 0.15) is 11.6 Å². The molecule has 0 atom stereocenters. The first-order chi connectivity index (χ1) is 10.3. The van der Waals surface area contributed by atoms with E-state index in [1.165, 1.54) is 24.3 Å². The minimum Gasteiger partial charge on any atom is -0.366 e. The lowest BCUT2D eigenvalue weighted by molar-refractivity contribution is 0.1000. The molecule has 0 aliphatic carbocycles. The lowest BCUT2D eigenvalue weighted by atomic mass is 10.1. The summed E-state index contributed by atoms with van der Waals surface area (Å²) >= 11 is 0. The molecule has 0 aromatic heterocycles. The fourth-order valence-corrected chi connectivity index (χ4v) is 2.93. The van der Waals surface area contributed by atoms with Crippen molar-refractivity contribution in [2.45, 2.75) is 11.4 Å². The fourth-order valence-electron chi connectivity index (χ4n) is 1.78. The van der Waals surface area contributed by atoms with E-state index in [0.29, 0.717) is 5.56 Å². The van der Waals surface area contributed by atoms with Crippen LogP contribution < -0.4 is 10.5 Å². The fraction of sp³-hybridized carbons (Fsp3) is 0.0714. The molecule has 22 heavy (non-hydrogen) atoms. The number of nitrogens with two attached hydrogens (primary N) is 1. The molecule has 0 spiro atoms. The lowest BCUT2D eigenvalue weighted by Gasteiger charge is -2.09. The summed E-state index contributed by atoms with van der Waals surface area (Å²) in [7, 11) is -4.34. The molecule has 1 amide bonds. The SMILES string of the molecule is NC(=O)c1ccc(CNS(=O)(=O)c2c(F)cccc2F)cc1. The third-order valence-corrected chi connectivity index (χ3v) is 4.34. The second-order valence-corrected chi connectivity index (χ2v) is 6.14. The van der Waals surface area contributed by atoms with E-state index in [4.69, 9.17) is 5.73 Å². The maximum atomic E-state index is 13.5. The van der Waals surface area contributed by atoms with Gasteiger partial charge in [-0.2, -0.15) is 0 Å². The maximum Gasteiger partial charge on any atom is 0.248 e. The summed E-state index contributed by atoms with van der Waals surface area (Å²) in [6.45, 7) is -0.185. The first kappa shape index (κ1) is 16.1. The minimum atomic E-state index is -4.34. The van der Waals surface area contributed by atoms with E-state index >= 15 is 0 Å². The first-order valence-electron chi connectivity index (χ1n) is 6.13. The Morgan fingerprint density at radius 1 is 1.05 bits per heavy atom. The van der Waals surface area contributed by atoms with Gasteiger partial charge in [-0.15, -0.1) is 0 Å². The Hall–Kier alpha value is -2.32. The van der Waals surface area contributed by atoms with Crippen molar-refractivity contribution < 1.29 is 22.0 Å². The number of sulfonamides is 1. The summed E-state index contributed by atoms with van der Waals surface area (Å²) in [4.78, 5) is 9.89. The van der Waals surface area contributed by atoms with Crippen molar-refractivity contribution in [3.05, 3.63) is 65.2 Å². The Kier molecular flexibility index (Phi) is 4.53. The summed E-state index contributed by atoms with van der Waals surface area (Å²) < 4.78 is 53.0. The van der Waals surface area contributed by atoms with Crippen LogP contribution in [0.25, 0.3) is 0 Å². The molecule has 0 bridgehead atoms. The topological polar surface area (TPSA) is 89.3 Å². The van der Waals surface area contributed by atoms with Crippen molar-refractivity contribution in [2.24, 2.45) is 5.73 Å². The van der Waals surface area contributed by atoms with Crippen LogP contribution in [-0.2, 0) is 16.6 Å². The second-order valence-electron chi connectivity index (χ2n) is 4.44. The van der Waals surface area contributed by atoms with E-state index in [1.54, 1.807) is 0 Å². The van der Waals surface area contributed by atoms with Crippen LogP contribution in [0.5, 0.6) is 0 Å². The molecular weight excluding hydrogens is 314 g/mol. The highest BCUT2D eigenvalue weighted by Gasteiger charge is 2.23. The summed E-state index contributed by atoms with van der Waals surface area (Å²) in [5.41, 5.74) is 5.86. The molecular formula is C14H12F2N2O3S. The Morgan fingerprint density at radius 2 is 1.59 bits per heavy atom. The van der Waals surface area contributed by atoms with Gasteiger partial charge in [0, 0.05) is 12.1 Å². The van der Waals surface area contributed by atoms with E-state index in [-0.39, 0.29) is 12.1 Å². The van der Waals surface area contributed by atoms with Crippen LogP contribution in [0.3, 0.4) is 0 Å². The third-order valence-electron chi connectivity index (χ3n) is 2.89.